The topological polar surface area (TPSA) is 68.5 Å². The number of aliphatic hydroxyl groups excluding tert-OH is 1. The smallest absolute Gasteiger partial charge is 0.0947 e. The van der Waals surface area contributed by atoms with Gasteiger partial charge in [-0.25, -0.2) is 0 Å². The zero-order chi connectivity index (χ0) is 18.7. The number of aromatic nitrogens is 2. The van der Waals surface area contributed by atoms with Crippen LogP contribution in [0.1, 0.15) is 43.1 Å². The Morgan fingerprint density at radius 1 is 1.22 bits per heavy atom. The van der Waals surface area contributed by atoms with Crippen LogP contribution in [0, 0.1) is 11.3 Å². The quantitative estimate of drug-likeness (QED) is 0.816. The van der Waals surface area contributed by atoms with Gasteiger partial charge in [-0.1, -0.05) is 6.92 Å². The number of nitrogens with one attached hydrogen (secondary N) is 1. The van der Waals surface area contributed by atoms with Gasteiger partial charge in [-0.15, -0.1) is 0 Å². The van der Waals surface area contributed by atoms with Crippen molar-refractivity contribution in [3.63, 3.8) is 0 Å². The van der Waals surface area contributed by atoms with Gasteiger partial charge >= 0.3 is 0 Å². The third-order valence-corrected chi connectivity index (χ3v) is 6.77. The van der Waals surface area contributed by atoms with Crippen LogP contribution < -0.4 is 0 Å². The first kappa shape index (κ1) is 18.7. The van der Waals surface area contributed by atoms with Crippen molar-refractivity contribution in [2.75, 3.05) is 32.8 Å². The second-order valence-electron chi connectivity index (χ2n) is 8.37. The molecule has 6 nitrogen and oxygen atoms in total. The fraction of sp³-hybridized carbons (Fsp3) is 0.667. The maximum Gasteiger partial charge on any atom is 0.0947 e. The lowest BCUT2D eigenvalue weighted by Gasteiger charge is -2.51. The summed E-state index contributed by atoms with van der Waals surface area (Å²) in [4.78, 5) is 5.00. The van der Waals surface area contributed by atoms with Gasteiger partial charge in [0.05, 0.1) is 18.2 Å². The normalized spacial score (nSPS) is 23.9. The van der Waals surface area contributed by atoms with E-state index in [1.54, 1.807) is 6.26 Å². The monoisotopic (exact) mass is 372 g/mol. The molecule has 1 unspecified atom stereocenters. The van der Waals surface area contributed by atoms with Crippen molar-refractivity contribution in [2.45, 2.75) is 45.7 Å². The fourth-order valence-electron chi connectivity index (χ4n) is 4.94. The number of furan rings is 1. The van der Waals surface area contributed by atoms with Crippen LogP contribution in [0.3, 0.4) is 0 Å². The Morgan fingerprint density at radius 2 is 2.00 bits per heavy atom. The number of rotatable bonds is 6. The molecule has 0 aromatic carbocycles. The third kappa shape index (κ3) is 4.13. The summed E-state index contributed by atoms with van der Waals surface area (Å²) in [5.74, 6) is 0.374. The van der Waals surface area contributed by atoms with Crippen LogP contribution in [0.4, 0.5) is 0 Å². The van der Waals surface area contributed by atoms with E-state index in [9.17, 15) is 5.11 Å². The molecule has 0 radical (unpaired) electrons. The minimum absolute atomic E-state index is 0.294. The van der Waals surface area contributed by atoms with E-state index in [1.807, 2.05) is 12.3 Å². The number of aromatic amines is 1. The molecular formula is C21H32N4O2. The first-order valence-corrected chi connectivity index (χ1v) is 10.3. The van der Waals surface area contributed by atoms with Crippen molar-refractivity contribution < 1.29 is 9.52 Å². The number of aryl methyl sites for hydroxylation is 1. The Labute approximate surface area is 161 Å². The summed E-state index contributed by atoms with van der Waals surface area (Å²) in [7, 11) is 0. The molecule has 2 N–H and O–H groups in total. The molecule has 0 saturated carbocycles. The number of likely N-dealkylation sites (tertiary alicyclic amines) is 2. The molecule has 1 atom stereocenters. The van der Waals surface area contributed by atoms with E-state index >= 15 is 0 Å². The molecule has 0 amide bonds. The molecule has 27 heavy (non-hydrogen) atoms. The average molecular weight is 373 g/mol. The standard InChI is InChI=1S/C21H32N4O2/c1-2-19-11-20(23-22-19)14-24-7-4-21(5-8-24)6-9-25(13-18(21)15-26)12-17-3-10-27-16-17/h3,10-11,16,18,26H,2,4-9,12-15H2,1H3,(H,22,23). The molecule has 2 saturated heterocycles. The minimum atomic E-state index is 0.294. The molecule has 2 fully saturated rings. The number of H-pyrrole nitrogens is 1. The highest BCUT2D eigenvalue weighted by Gasteiger charge is 2.44. The summed E-state index contributed by atoms with van der Waals surface area (Å²) in [5.41, 5.74) is 3.89. The number of hydrogen-bond acceptors (Lipinski definition) is 5. The lowest BCUT2D eigenvalue weighted by Crippen LogP contribution is -2.53. The van der Waals surface area contributed by atoms with Crippen LogP contribution in [0.15, 0.2) is 29.1 Å². The van der Waals surface area contributed by atoms with Gasteiger partial charge in [0.25, 0.3) is 0 Å². The Bertz CT molecular complexity index is 704. The Morgan fingerprint density at radius 3 is 2.63 bits per heavy atom. The van der Waals surface area contributed by atoms with E-state index in [0.29, 0.717) is 17.9 Å². The van der Waals surface area contributed by atoms with Crippen LogP contribution in [0.2, 0.25) is 0 Å². The van der Waals surface area contributed by atoms with E-state index in [2.05, 4.69) is 33.0 Å². The van der Waals surface area contributed by atoms with Crippen LogP contribution in [-0.4, -0.2) is 57.9 Å². The summed E-state index contributed by atoms with van der Waals surface area (Å²) in [6.45, 7) is 8.64. The summed E-state index contributed by atoms with van der Waals surface area (Å²) in [6.07, 6.45) is 8.11. The predicted octanol–water partition coefficient (Wildman–Crippen LogP) is 2.66. The van der Waals surface area contributed by atoms with Crippen molar-refractivity contribution in [3.05, 3.63) is 41.6 Å². The molecule has 2 aliphatic rings. The van der Waals surface area contributed by atoms with Gasteiger partial charge in [0.2, 0.25) is 0 Å². The lowest BCUT2D eigenvalue weighted by molar-refractivity contribution is -0.0451. The van der Waals surface area contributed by atoms with E-state index < -0.39 is 0 Å². The van der Waals surface area contributed by atoms with Gasteiger partial charge in [-0.2, -0.15) is 5.10 Å². The van der Waals surface area contributed by atoms with Crippen molar-refractivity contribution >= 4 is 0 Å². The van der Waals surface area contributed by atoms with E-state index in [-0.39, 0.29) is 0 Å². The third-order valence-electron chi connectivity index (χ3n) is 6.77. The SMILES string of the molecule is CCc1cc(CN2CCC3(CC2)CCN(Cc2ccoc2)CC3CO)[nH]n1. The second-order valence-corrected chi connectivity index (χ2v) is 8.37. The average Bonchev–Trinajstić information content (AvgIpc) is 3.37. The van der Waals surface area contributed by atoms with Gasteiger partial charge < -0.3 is 9.52 Å². The molecule has 4 rings (SSSR count). The van der Waals surface area contributed by atoms with Gasteiger partial charge in [-0.3, -0.25) is 14.9 Å². The fourth-order valence-corrected chi connectivity index (χ4v) is 4.94. The molecule has 1 spiro atoms. The summed E-state index contributed by atoms with van der Waals surface area (Å²) >= 11 is 0. The number of aliphatic hydroxyl groups is 1. The number of hydrogen-bond donors (Lipinski definition) is 2. The molecule has 2 aromatic heterocycles. The highest BCUT2D eigenvalue weighted by Crippen LogP contribution is 2.45. The first-order chi connectivity index (χ1) is 13.2. The van der Waals surface area contributed by atoms with Crippen LogP contribution in [0.25, 0.3) is 0 Å². The van der Waals surface area contributed by atoms with Gasteiger partial charge in [-0.05, 0) is 62.9 Å². The highest BCUT2D eigenvalue weighted by molar-refractivity contribution is 5.09. The second kappa shape index (κ2) is 8.17. The first-order valence-electron chi connectivity index (χ1n) is 10.3. The van der Waals surface area contributed by atoms with Gasteiger partial charge in [0.1, 0.15) is 0 Å². The van der Waals surface area contributed by atoms with Crippen molar-refractivity contribution in [1.29, 1.82) is 0 Å². The summed E-state index contributed by atoms with van der Waals surface area (Å²) in [5, 5.41) is 17.6. The Hall–Kier alpha value is -1.63. The molecule has 0 bridgehead atoms. The zero-order valence-electron chi connectivity index (χ0n) is 16.4. The van der Waals surface area contributed by atoms with Gasteiger partial charge in [0.15, 0.2) is 0 Å². The molecule has 2 aliphatic heterocycles. The highest BCUT2D eigenvalue weighted by atomic mass is 16.3. The maximum absolute atomic E-state index is 10.1. The summed E-state index contributed by atoms with van der Waals surface area (Å²) < 4.78 is 5.20. The number of piperidine rings is 2. The minimum Gasteiger partial charge on any atom is -0.472 e. The molecule has 4 heterocycles. The molecule has 0 aliphatic carbocycles. The van der Waals surface area contributed by atoms with Crippen molar-refractivity contribution in [2.24, 2.45) is 11.3 Å². The Kier molecular flexibility index (Phi) is 5.66. The molecule has 2 aromatic rings. The maximum atomic E-state index is 10.1. The van der Waals surface area contributed by atoms with E-state index in [4.69, 9.17) is 4.42 Å². The predicted molar refractivity (Wildman–Crippen MR) is 104 cm³/mol. The Balaban J connectivity index is 1.32. The van der Waals surface area contributed by atoms with Crippen molar-refractivity contribution in [3.8, 4) is 0 Å². The number of nitrogens with zero attached hydrogens (tertiary/aromatic N) is 3. The molecule has 6 heteroatoms. The van der Waals surface area contributed by atoms with E-state index in [1.165, 1.54) is 30.5 Å². The lowest BCUT2D eigenvalue weighted by atomic mass is 9.64. The van der Waals surface area contributed by atoms with Gasteiger partial charge in [0, 0.05) is 43.4 Å². The van der Waals surface area contributed by atoms with Crippen LogP contribution in [-0.2, 0) is 19.5 Å². The van der Waals surface area contributed by atoms with Crippen LogP contribution in [0.5, 0.6) is 0 Å². The van der Waals surface area contributed by atoms with Crippen LogP contribution >= 0.6 is 0 Å². The van der Waals surface area contributed by atoms with E-state index in [0.717, 1.165) is 51.4 Å². The summed E-state index contributed by atoms with van der Waals surface area (Å²) in [6, 6.07) is 4.23. The largest absolute Gasteiger partial charge is 0.472 e. The zero-order valence-corrected chi connectivity index (χ0v) is 16.4. The molecular weight excluding hydrogens is 340 g/mol. The molecule has 148 valence electrons. The van der Waals surface area contributed by atoms with Crippen molar-refractivity contribution in [1.82, 2.24) is 20.0 Å².